The lowest BCUT2D eigenvalue weighted by atomic mass is 9.90. The third kappa shape index (κ3) is 2.80. The van der Waals surface area contributed by atoms with Crippen LogP contribution < -0.4 is 0 Å². The Kier molecular flexibility index (Phi) is 4.31. The highest BCUT2D eigenvalue weighted by atomic mass is 32.2. The molecular formula is C13H23NOS. The van der Waals surface area contributed by atoms with Gasteiger partial charge in [0.15, 0.2) is 0 Å². The fourth-order valence-corrected chi connectivity index (χ4v) is 3.77. The molecule has 0 aromatic carbocycles. The summed E-state index contributed by atoms with van der Waals surface area (Å²) in [5, 5.41) is 0.889. The van der Waals surface area contributed by atoms with Crippen LogP contribution in [-0.2, 0) is 4.79 Å². The molecule has 0 bridgehead atoms. The van der Waals surface area contributed by atoms with Crippen LogP contribution in [0.5, 0.6) is 0 Å². The maximum atomic E-state index is 11.5. The van der Waals surface area contributed by atoms with Crippen molar-refractivity contribution in [3.8, 4) is 0 Å². The Morgan fingerprint density at radius 3 is 2.50 bits per heavy atom. The molecule has 0 aromatic rings. The number of ketones is 1. The van der Waals surface area contributed by atoms with E-state index in [9.17, 15) is 4.79 Å². The number of Topliss-reactive ketones (excluding diaryl/α,β-unsaturated/α-hetero) is 1. The van der Waals surface area contributed by atoms with Crippen molar-refractivity contribution in [1.82, 2.24) is 4.90 Å². The molecule has 1 aliphatic carbocycles. The first kappa shape index (κ1) is 12.4. The van der Waals surface area contributed by atoms with Gasteiger partial charge in [-0.2, -0.15) is 11.8 Å². The lowest BCUT2D eigenvalue weighted by Crippen LogP contribution is -2.46. The maximum Gasteiger partial charge on any atom is 0.138 e. The van der Waals surface area contributed by atoms with Gasteiger partial charge in [-0.25, -0.2) is 0 Å². The third-order valence-corrected chi connectivity index (χ3v) is 5.33. The van der Waals surface area contributed by atoms with E-state index in [1.807, 2.05) is 11.8 Å². The van der Waals surface area contributed by atoms with Crippen LogP contribution in [0.3, 0.4) is 0 Å². The number of thioether (sulfide) groups is 1. The lowest BCUT2D eigenvalue weighted by molar-refractivity contribution is -0.126. The molecule has 92 valence electrons. The first-order valence-electron chi connectivity index (χ1n) is 6.50. The molecule has 1 atom stereocenters. The predicted octanol–water partition coefficient (Wildman–Crippen LogP) is 2.57. The highest BCUT2D eigenvalue weighted by Gasteiger charge is 2.30. The Morgan fingerprint density at radius 1 is 1.25 bits per heavy atom. The summed E-state index contributed by atoms with van der Waals surface area (Å²) in [6.45, 7) is 4.10. The highest BCUT2D eigenvalue weighted by Crippen LogP contribution is 2.31. The van der Waals surface area contributed by atoms with Crippen LogP contribution in [0.25, 0.3) is 0 Å². The molecule has 2 fully saturated rings. The quantitative estimate of drug-likeness (QED) is 0.741. The smallest absolute Gasteiger partial charge is 0.138 e. The van der Waals surface area contributed by atoms with E-state index in [0.717, 1.165) is 30.8 Å². The SMILES string of the molecule is CSC1CCC(N2CCC(=O)C(C)C2)CC1. The molecule has 1 saturated heterocycles. The second-order valence-electron chi connectivity index (χ2n) is 5.28. The second-order valence-corrected chi connectivity index (χ2v) is 6.42. The van der Waals surface area contributed by atoms with E-state index in [-0.39, 0.29) is 5.92 Å². The number of rotatable bonds is 2. The monoisotopic (exact) mass is 241 g/mol. The van der Waals surface area contributed by atoms with Crippen molar-refractivity contribution in [2.24, 2.45) is 5.92 Å². The Labute approximate surface area is 103 Å². The van der Waals surface area contributed by atoms with Crippen molar-refractivity contribution in [1.29, 1.82) is 0 Å². The fraction of sp³-hybridized carbons (Fsp3) is 0.923. The molecule has 0 N–H and O–H groups in total. The molecule has 0 amide bonds. The topological polar surface area (TPSA) is 20.3 Å². The predicted molar refractivity (Wildman–Crippen MR) is 69.9 cm³/mol. The number of carbonyl (C=O) groups is 1. The normalized spacial score (nSPS) is 37.6. The summed E-state index contributed by atoms with van der Waals surface area (Å²) in [4.78, 5) is 14.1. The maximum absolute atomic E-state index is 11.5. The Morgan fingerprint density at radius 2 is 1.94 bits per heavy atom. The largest absolute Gasteiger partial charge is 0.299 e. The number of nitrogens with zero attached hydrogens (tertiary/aromatic N) is 1. The molecule has 0 radical (unpaired) electrons. The van der Waals surface area contributed by atoms with E-state index in [1.54, 1.807) is 0 Å². The molecule has 1 unspecified atom stereocenters. The molecule has 1 heterocycles. The standard InChI is InChI=1S/C13H23NOS/c1-10-9-14(8-7-13(10)15)11-3-5-12(16-2)6-4-11/h10-12H,3-9H2,1-2H3. The van der Waals surface area contributed by atoms with Gasteiger partial charge in [-0.15, -0.1) is 0 Å². The highest BCUT2D eigenvalue weighted by molar-refractivity contribution is 7.99. The van der Waals surface area contributed by atoms with Crippen molar-refractivity contribution in [2.45, 2.75) is 50.3 Å². The van der Waals surface area contributed by atoms with Crippen molar-refractivity contribution in [3.63, 3.8) is 0 Å². The summed E-state index contributed by atoms with van der Waals surface area (Å²) in [5.74, 6) is 0.737. The molecular weight excluding hydrogens is 218 g/mol. The molecule has 2 nitrogen and oxygen atoms in total. The van der Waals surface area contributed by atoms with Crippen molar-refractivity contribution < 1.29 is 4.79 Å². The van der Waals surface area contributed by atoms with Gasteiger partial charge < -0.3 is 0 Å². The van der Waals surface area contributed by atoms with Crippen molar-refractivity contribution in [3.05, 3.63) is 0 Å². The first-order valence-corrected chi connectivity index (χ1v) is 7.79. The Balaban J connectivity index is 1.83. The summed E-state index contributed by atoms with van der Waals surface area (Å²) >= 11 is 2.02. The molecule has 3 heteroatoms. The molecule has 1 aliphatic heterocycles. The number of hydrogen-bond donors (Lipinski definition) is 0. The summed E-state index contributed by atoms with van der Waals surface area (Å²) in [6.07, 6.45) is 8.42. The molecule has 2 rings (SSSR count). The van der Waals surface area contributed by atoms with E-state index >= 15 is 0 Å². The van der Waals surface area contributed by atoms with Crippen molar-refractivity contribution in [2.75, 3.05) is 19.3 Å². The van der Waals surface area contributed by atoms with Crippen LogP contribution in [0, 0.1) is 5.92 Å². The number of likely N-dealkylation sites (tertiary alicyclic amines) is 1. The number of hydrogen-bond acceptors (Lipinski definition) is 3. The van der Waals surface area contributed by atoms with Crippen LogP contribution in [0.15, 0.2) is 0 Å². The number of carbonyl (C=O) groups excluding carboxylic acids is 1. The average Bonchev–Trinajstić information content (AvgIpc) is 2.33. The van der Waals surface area contributed by atoms with E-state index in [1.165, 1.54) is 25.7 Å². The van der Waals surface area contributed by atoms with Gasteiger partial charge in [0.2, 0.25) is 0 Å². The zero-order valence-corrected chi connectivity index (χ0v) is 11.3. The molecule has 0 aromatic heterocycles. The zero-order valence-electron chi connectivity index (χ0n) is 10.4. The minimum atomic E-state index is 0.270. The summed E-state index contributed by atoms with van der Waals surface area (Å²) in [7, 11) is 0. The van der Waals surface area contributed by atoms with Crippen LogP contribution in [0.2, 0.25) is 0 Å². The number of piperidine rings is 1. The van der Waals surface area contributed by atoms with Gasteiger partial charge in [-0.1, -0.05) is 6.92 Å². The van der Waals surface area contributed by atoms with Crippen LogP contribution >= 0.6 is 11.8 Å². The summed E-state index contributed by atoms with van der Waals surface area (Å²) in [5.41, 5.74) is 0. The van der Waals surface area contributed by atoms with E-state index in [4.69, 9.17) is 0 Å². The van der Waals surface area contributed by atoms with Crippen molar-refractivity contribution >= 4 is 17.5 Å². The zero-order chi connectivity index (χ0) is 11.5. The molecule has 0 spiro atoms. The summed E-state index contributed by atoms with van der Waals surface area (Å²) in [6, 6.07) is 0.763. The third-order valence-electron chi connectivity index (χ3n) is 4.20. The fourth-order valence-electron chi connectivity index (χ4n) is 3.02. The minimum Gasteiger partial charge on any atom is -0.299 e. The van der Waals surface area contributed by atoms with Gasteiger partial charge in [0.05, 0.1) is 0 Å². The van der Waals surface area contributed by atoms with Gasteiger partial charge in [-0.3, -0.25) is 9.69 Å². The van der Waals surface area contributed by atoms with E-state index < -0.39 is 0 Å². The summed E-state index contributed by atoms with van der Waals surface area (Å²) < 4.78 is 0. The Hall–Kier alpha value is -0.0200. The lowest BCUT2D eigenvalue weighted by Gasteiger charge is -2.40. The minimum absolute atomic E-state index is 0.270. The van der Waals surface area contributed by atoms with Gasteiger partial charge >= 0.3 is 0 Å². The average molecular weight is 241 g/mol. The molecule has 1 saturated carbocycles. The van der Waals surface area contributed by atoms with Crippen LogP contribution in [0.1, 0.15) is 39.0 Å². The van der Waals surface area contributed by atoms with Crippen LogP contribution in [-0.4, -0.2) is 41.3 Å². The van der Waals surface area contributed by atoms with Gasteiger partial charge in [-0.05, 0) is 31.9 Å². The Bertz CT molecular complexity index is 248. The van der Waals surface area contributed by atoms with Gasteiger partial charge in [0.25, 0.3) is 0 Å². The van der Waals surface area contributed by atoms with Crippen LogP contribution in [0.4, 0.5) is 0 Å². The second kappa shape index (κ2) is 5.54. The molecule has 16 heavy (non-hydrogen) atoms. The van der Waals surface area contributed by atoms with Gasteiger partial charge in [0, 0.05) is 36.7 Å². The first-order chi connectivity index (χ1) is 7.70. The van der Waals surface area contributed by atoms with Gasteiger partial charge in [0.1, 0.15) is 5.78 Å². The van der Waals surface area contributed by atoms with E-state index in [0.29, 0.717) is 5.78 Å². The van der Waals surface area contributed by atoms with E-state index in [2.05, 4.69) is 18.1 Å². The molecule has 2 aliphatic rings.